The van der Waals surface area contributed by atoms with Gasteiger partial charge in [0.1, 0.15) is 0 Å². The topological polar surface area (TPSA) is 43.8 Å². The number of hydrogen-bond donors (Lipinski definition) is 1. The number of piperidine rings is 1. The molecule has 2 saturated heterocycles. The molecule has 0 amide bonds. The van der Waals surface area contributed by atoms with E-state index in [4.69, 9.17) is 23.2 Å². The molecule has 0 radical (unpaired) electrons. The van der Waals surface area contributed by atoms with Gasteiger partial charge in [-0.25, -0.2) is 0 Å². The largest absolute Gasteiger partial charge is 0.481 e. The quantitative estimate of drug-likeness (QED) is 0.657. The van der Waals surface area contributed by atoms with Gasteiger partial charge in [-0.2, -0.15) is 0 Å². The van der Waals surface area contributed by atoms with Crippen molar-refractivity contribution in [3.05, 3.63) is 62.6 Å². The minimum absolute atomic E-state index is 0.181. The number of carboxylic acids is 1. The van der Waals surface area contributed by atoms with Crippen molar-refractivity contribution >= 4 is 34.9 Å². The maximum Gasteiger partial charge on any atom is 0.306 e. The van der Waals surface area contributed by atoms with Gasteiger partial charge < -0.3 is 10.0 Å². The van der Waals surface area contributed by atoms with Crippen LogP contribution in [0.1, 0.15) is 41.0 Å². The lowest BCUT2D eigenvalue weighted by Crippen LogP contribution is -2.45. The van der Waals surface area contributed by atoms with Gasteiger partial charge in [-0.3, -0.25) is 9.69 Å². The minimum Gasteiger partial charge on any atom is -0.481 e. The number of carbonyl (C=O) groups is 1. The predicted octanol–water partition coefficient (Wildman–Crippen LogP) is 5.51. The molecule has 30 heavy (non-hydrogen) atoms. The number of aliphatic carboxylic acids is 1. The van der Waals surface area contributed by atoms with Gasteiger partial charge in [-0.15, -0.1) is 0 Å². The van der Waals surface area contributed by atoms with Crippen molar-refractivity contribution in [3.8, 4) is 0 Å². The number of likely N-dealkylation sites (tertiary alicyclic amines) is 1. The van der Waals surface area contributed by atoms with Crippen molar-refractivity contribution in [1.29, 1.82) is 0 Å². The number of carboxylic acid groups (broad SMARTS) is 1. The maximum atomic E-state index is 11.2. The average Bonchev–Trinajstić information content (AvgIpc) is 2.67. The SMILES string of the molecule is Cc1cc(C2CN(c3c(Cl)cccc3Cl)C2)c(C)cc1CN1CCC(C(=O)O)CC1. The van der Waals surface area contributed by atoms with Gasteiger partial charge in [0.25, 0.3) is 0 Å². The normalized spacial score (nSPS) is 18.5. The van der Waals surface area contributed by atoms with Crippen molar-refractivity contribution < 1.29 is 9.90 Å². The van der Waals surface area contributed by atoms with E-state index in [2.05, 4.69) is 35.8 Å². The third-order valence-electron chi connectivity index (χ3n) is 6.63. The molecule has 0 atom stereocenters. The van der Waals surface area contributed by atoms with E-state index >= 15 is 0 Å². The summed E-state index contributed by atoms with van der Waals surface area (Å²) in [6.45, 7) is 8.83. The average molecular weight is 447 g/mol. The van der Waals surface area contributed by atoms with Gasteiger partial charge in [-0.05, 0) is 74.2 Å². The highest BCUT2D eigenvalue weighted by Crippen LogP contribution is 2.41. The van der Waals surface area contributed by atoms with Gasteiger partial charge in [0.2, 0.25) is 0 Å². The lowest BCUT2D eigenvalue weighted by Gasteiger charge is -2.43. The molecule has 2 fully saturated rings. The Morgan fingerprint density at radius 2 is 1.70 bits per heavy atom. The van der Waals surface area contributed by atoms with Crippen molar-refractivity contribution in [1.82, 2.24) is 4.90 Å². The molecular formula is C24H28Cl2N2O2. The lowest BCUT2D eigenvalue weighted by atomic mass is 9.85. The summed E-state index contributed by atoms with van der Waals surface area (Å²) in [5.41, 5.74) is 6.32. The van der Waals surface area contributed by atoms with Crippen LogP contribution < -0.4 is 4.90 Å². The van der Waals surface area contributed by atoms with Gasteiger partial charge in [0.15, 0.2) is 0 Å². The molecule has 0 unspecified atom stereocenters. The van der Waals surface area contributed by atoms with Crippen LogP contribution in [-0.2, 0) is 11.3 Å². The Balaban J connectivity index is 1.41. The number of benzene rings is 2. The molecule has 0 bridgehead atoms. The molecule has 2 heterocycles. The van der Waals surface area contributed by atoms with Gasteiger partial charge in [0, 0.05) is 25.6 Å². The number of anilines is 1. The van der Waals surface area contributed by atoms with Crippen LogP contribution in [0.2, 0.25) is 10.0 Å². The number of hydrogen-bond acceptors (Lipinski definition) is 3. The van der Waals surface area contributed by atoms with E-state index in [1.165, 1.54) is 22.3 Å². The Bertz CT molecular complexity index is 928. The Morgan fingerprint density at radius 3 is 2.30 bits per heavy atom. The molecule has 1 N–H and O–H groups in total. The fraction of sp³-hybridized carbons (Fsp3) is 0.458. The minimum atomic E-state index is -0.654. The zero-order valence-electron chi connectivity index (χ0n) is 17.5. The van der Waals surface area contributed by atoms with Crippen LogP contribution in [0.4, 0.5) is 5.69 Å². The number of aryl methyl sites for hydroxylation is 2. The summed E-state index contributed by atoms with van der Waals surface area (Å²) in [7, 11) is 0. The van der Waals surface area contributed by atoms with E-state index in [1.807, 2.05) is 18.2 Å². The molecule has 160 valence electrons. The molecule has 0 aliphatic carbocycles. The predicted molar refractivity (Wildman–Crippen MR) is 123 cm³/mol. The number of para-hydroxylation sites is 1. The molecule has 2 aliphatic rings. The van der Waals surface area contributed by atoms with Crippen molar-refractivity contribution in [3.63, 3.8) is 0 Å². The molecule has 0 saturated carbocycles. The highest BCUT2D eigenvalue weighted by Gasteiger charge is 2.32. The van der Waals surface area contributed by atoms with E-state index in [1.54, 1.807) is 0 Å². The molecule has 0 aromatic heterocycles. The Kier molecular flexibility index (Phi) is 6.29. The Labute approximate surface area is 188 Å². The van der Waals surface area contributed by atoms with Crippen LogP contribution in [0.5, 0.6) is 0 Å². The maximum absolute atomic E-state index is 11.2. The number of rotatable bonds is 5. The molecule has 6 heteroatoms. The van der Waals surface area contributed by atoms with E-state index in [0.717, 1.165) is 51.3 Å². The van der Waals surface area contributed by atoms with Gasteiger partial charge >= 0.3 is 5.97 Å². The van der Waals surface area contributed by atoms with Crippen LogP contribution in [0.15, 0.2) is 30.3 Å². The van der Waals surface area contributed by atoms with Crippen molar-refractivity contribution in [2.75, 3.05) is 31.1 Å². The van der Waals surface area contributed by atoms with Crippen LogP contribution in [0, 0.1) is 19.8 Å². The molecule has 2 aliphatic heterocycles. The van der Waals surface area contributed by atoms with Crippen LogP contribution in [0.25, 0.3) is 0 Å². The van der Waals surface area contributed by atoms with Crippen molar-refractivity contribution in [2.24, 2.45) is 5.92 Å². The zero-order chi connectivity index (χ0) is 21.4. The summed E-state index contributed by atoms with van der Waals surface area (Å²) in [6, 6.07) is 10.3. The third kappa shape index (κ3) is 4.32. The smallest absolute Gasteiger partial charge is 0.306 e. The Morgan fingerprint density at radius 1 is 1.07 bits per heavy atom. The summed E-state index contributed by atoms with van der Waals surface area (Å²) >= 11 is 12.7. The highest BCUT2D eigenvalue weighted by atomic mass is 35.5. The molecule has 2 aromatic rings. The first-order valence-electron chi connectivity index (χ1n) is 10.6. The second kappa shape index (κ2) is 8.78. The highest BCUT2D eigenvalue weighted by molar-refractivity contribution is 6.39. The number of nitrogens with zero attached hydrogens (tertiary/aromatic N) is 2. The standard InChI is InChI=1S/C24H28Cl2N2O2/c1-15-11-20(19-13-28(14-19)23-21(25)4-3-5-22(23)26)16(2)10-18(15)12-27-8-6-17(7-9-27)24(29)30/h3-5,10-11,17,19H,6-9,12-14H2,1-2H3,(H,29,30). The summed E-state index contributed by atoms with van der Waals surface area (Å²) < 4.78 is 0. The molecular weight excluding hydrogens is 419 g/mol. The fourth-order valence-corrected chi connectivity index (χ4v) is 5.37. The summed E-state index contributed by atoms with van der Waals surface area (Å²) in [6.07, 6.45) is 1.49. The second-order valence-corrected chi connectivity index (χ2v) is 9.51. The van der Waals surface area contributed by atoms with E-state index in [-0.39, 0.29) is 5.92 Å². The number of halogens is 2. The molecule has 4 nitrogen and oxygen atoms in total. The van der Waals surface area contributed by atoms with Crippen LogP contribution in [0.3, 0.4) is 0 Å². The van der Waals surface area contributed by atoms with Crippen LogP contribution in [-0.4, -0.2) is 42.2 Å². The van der Waals surface area contributed by atoms with E-state index in [0.29, 0.717) is 16.0 Å². The summed E-state index contributed by atoms with van der Waals surface area (Å²) in [4.78, 5) is 15.8. The second-order valence-electron chi connectivity index (χ2n) is 8.70. The molecule has 0 spiro atoms. The Hall–Kier alpha value is -1.75. The van der Waals surface area contributed by atoms with Crippen LogP contribution >= 0.6 is 23.2 Å². The van der Waals surface area contributed by atoms with Crippen molar-refractivity contribution in [2.45, 2.75) is 39.2 Å². The fourth-order valence-electron chi connectivity index (χ4n) is 4.74. The molecule has 2 aromatic carbocycles. The third-order valence-corrected chi connectivity index (χ3v) is 7.24. The monoisotopic (exact) mass is 446 g/mol. The van der Waals surface area contributed by atoms with Gasteiger partial charge in [0.05, 0.1) is 21.7 Å². The lowest BCUT2D eigenvalue weighted by molar-refractivity contribution is -0.143. The zero-order valence-corrected chi connectivity index (χ0v) is 19.0. The first kappa shape index (κ1) is 21.5. The van der Waals surface area contributed by atoms with E-state index < -0.39 is 5.97 Å². The summed E-state index contributed by atoms with van der Waals surface area (Å²) in [5, 5.41) is 10.6. The first-order chi connectivity index (χ1) is 14.3. The summed E-state index contributed by atoms with van der Waals surface area (Å²) in [5.74, 6) is -0.352. The first-order valence-corrected chi connectivity index (χ1v) is 11.3. The molecule has 4 rings (SSSR count). The van der Waals surface area contributed by atoms with Gasteiger partial charge in [-0.1, -0.05) is 41.4 Å². The van der Waals surface area contributed by atoms with E-state index in [9.17, 15) is 9.90 Å².